The average molecular weight is 261 g/mol. The van der Waals surface area contributed by atoms with Crippen LogP contribution in [0.25, 0.3) is 10.4 Å². The summed E-state index contributed by atoms with van der Waals surface area (Å²) in [6, 6.07) is 9.67. The van der Waals surface area contributed by atoms with E-state index in [0.29, 0.717) is 12.8 Å². The Labute approximate surface area is 113 Å². The topological polar surface area (TPSA) is 67.2 Å². The van der Waals surface area contributed by atoms with E-state index in [0.717, 1.165) is 5.56 Å². The van der Waals surface area contributed by atoms with Gasteiger partial charge in [0, 0.05) is 18.1 Å². The molecule has 0 fully saturated rings. The molecule has 0 aromatic heterocycles. The number of rotatable bonds is 9. The molecule has 0 radical (unpaired) electrons. The zero-order valence-electron chi connectivity index (χ0n) is 11.1. The van der Waals surface area contributed by atoms with E-state index < -0.39 is 0 Å². The molecule has 0 amide bonds. The van der Waals surface area contributed by atoms with E-state index in [4.69, 9.17) is 15.0 Å². The molecule has 1 aromatic carbocycles. The van der Waals surface area contributed by atoms with Crippen molar-refractivity contribution >= 4 is 0 Å². The Bertz CT molecular complexity index is 416. The van der Waals surface area contributed by atoms with Gasteiger partial charge in [0.25, 0.3) is 0 Å². The predicted octanol–water partition coefficient (Wildman–Crippen LogP) is 3.99. The van der Waals surface area contributed by atoms with E-state index in [1.807, 2.05) is 30.3 Å². The monoisotopic (exact) mass is 261 g/mol. The molecule has 1 rings (SSSR count). The van der Waals surface area contributed by atoms with Crippen LogP contribution in [-0.2, 0) is 9.47 Å². The summed E-state index contributed by atoms with van der Waals surface area (Å²) in [5.41, 5.74) is 9.62. The summed E-state index contributed by atoms with van der Waals surface area (Å²) in [6.07, 6.45) is 2.82. The van der Waals surface area contributed by atoms with Gasteiger partial charge in [0.1, 0.15) is 6.79 Å². The number of azide groups is 1. The fourth-order valence-electron chi connectivity index (χ4n) is 1.82. The SMILES string of the molecule is C=CCC(C[C@@H](OCOC)c1ccccc1)N=[N+]=[N-]. The molecule has 5 heteroatoms. The van der Waals surface area contributed by atoms with Gasteiger partial charge in [-0.1, -0.05) is 41.5 Å². The third-order valence-corrected chi connectivity index (χ3v) is 2.70. The van der Waals surface area contributed by atoms with Crippen LogP contribution >= 0.6 is 0 Å². The van der Waals surface area contributed by atoms with E-state index in [2.05, 4.69) is 16.6 Å². The number of methoxy groups -OCH3 is 1. The minimum absolute atomic E-state index is 0.156. The third-order valence-electron chi connectivity index (χ3n) is 2.70. The second kappa shape index (κ2) is 9.16. The summed E-state index contributed by atoms with van der Waals surface area (Å²) in [5, 5.41) is 3.78. The first-order valence-corrected chi connectivity index (χ1v) is 6.12. The number of hydrogen-bond acceptors (Lipinski definition) is 3. The Kier molecular flexibility index (Phi) is 7.35. The molecule has 0 N–H and O–H groups in total. The Balaban J connectivity index is 2.78. The van der Waals surface area contributed by atoms with Crippen LogP contribution < -0.4 is 0 Å². The molecule has 0 saturated carbocycles. The molecular formula is C14H19N3O2. The molecule has 0 saturated heterocycles. The van der Waals surface area contributed by atoms with Gasteiger partial charge >= 0.3 is 0 Å². The summed E-state index contributed by atoms with van der Waals surface area (Å²) in [6.45, 7) is 3.88. The summed E-state index contributed by atoms with van der Waals surface area (Å²) >= 11 is 0. The van der Waals surface area contributed by atoms with Gasteiger partial charge in [-0.2, -0.15) is 0 Å². The molecule has 0 heterocycles. The highest BCUT2D eigenvalue weighted by atomic mass is 16.7. The van der Waals surface area contributed by atoms with Crippen LogP contribution in [0.3, 0.4) is 0 Å². The Morgan fingerprint density at radius 3 is 2.74 bits per heavy atom. The molecule has 1 aromatic rings. The number of benzene rings is 1. The lowest BCUT2D eigenvalue weighted by molar-refractivity contribution is -0.0774. The maximum Gasteiger partial charge on any atom is 0.147 e. The second-order valence-electron chi connectivity index (χ2n) is 4.09. The number of ether oxygens (including phenoxy) is 2. The van der Waals surface area contributed by atoms with E-state index in [1.165, 1.54) is 0 Å². The van der Waals surface area contributed by atoms with Crippen LogP contribution in [0.4, 0.5) is 0 Å². The van der Waals surface area contributed by atoms with Gasteiger partial charge in [0.15, 0.2) is 0 Å². The maximum absolute atomic E-state index is 8.58. The van der Waals surface area contributed by atoms with Gasteiger partial charge in [0.2, 0.25) is 0 Å². The average Bonchev–Trinajstić information content (AvgIpc) is 2.44. The quantitative estimate of drug-likeness (QED) is 0.222. The summed E-state index contributed by atoms with van der Waals surface area (Å²) in [5.74, 6) is 0. The van der Waals surface area contributed by atoms with Crippen LogP contribution in [0.15, 0.2) is 48.1 Å². The van der Waals surface area contributed by atoms with Crippen molar-refractivity contribution in [3.8, 4) is 0 Å². The van der Waals surface area contributed by atoms with Crippen molar-refractivity contribution in [2.45, 2.75) is 25.0 Å². The molecule has 2 atom stereocenters. The standard InChI is InChI=1S/C14H19N3O2/c1-3-7-13(16-17-15)10-14(19-11-18-2)12-8-5-4-6-9-12/h3-6,8-9,13-14H,1,7,10-11H2,2H3/t13?,14-/m1/s1. The molecule has 1 unspecified atom stereocenters. The first kappa shape index (κ1) is 15.2. The molecule has 0 aliphatic rings. The summed E-state index contributed by atoms with van der Waals surface area (Å²) in [4.78, 5) is 2.87. The maximum atomic E-state index is 8.58. The van der Waals surface area contributed by atoms with Crippen molar-refractivity contribution in [2.75, 3.05) is 13.9 Å². The molecule has 19 heavy (non-hydrogen) atoms. The van der Waals surface area contributed by atoms with Gasteiger partial charge in [0.05, 0.1) is 6.10 Å². The van der Waals surface area contributed by atoms with E-state index >= 15 is 0 Å². The van der Waals surface area contributed by atoms with Gasteiger partial charge < -0.3 is 9.47 Å². The van der Waals surface area contributed by atoms with Crippen molar-refractivity contribution in [1.82, 2.24) is 0 Å². The van der Waals surface area contributed by atoms with Crippen LogP contribution in [-0.4, -0.2) is 19.9 Å². The van der Waals surface area contributed by atoms with Crippen molar-refractivity contribution in [1.29, 1.82) is 0 Å². The van der Waals surface area contributed by atoms with Gasteiger partial charge in [-0.15, -0.1) is 6.58 Å². The Morgan fingerprint density at radius 2 is 2.16 bits per heavy atom. The fraction of sp³-hybridized carbons (Fsp3) is 0.429. The van der Waals surface area contributed by atoms with E-state index in [1.54, 1.807) is 13.2 Å². The number of nitrogens with zero attached hydrogens (tertiary/aromatic N) is 3. The van der Waals surface area contributed by atoms with Crippen LogP contribution in [0.5, 0.6) is 0 Å². The van der Waals surface area contributed by atoms with Gasteiger partial charge in [-0.05, 0) is 23.9 Å². The lowest BCUT2D eigenvalue weighted by atomic mass is 10.0. The molecule has 0 aliphatic carbocycles. The highest BCUT2D eigenvalue weighted by Crippen LogP contribution is 2.25. The highest BCUT2D eigenvalue weighted by molar-refractivity contribution is 5.17. The van der Waals surface area contributed by atoms with Crippen molar-refractivity contribution in [2.24, 2.45) is 5.11 Å². The van der Waals surface area contributed by atoms with E-state index in [-0.39, 0.29) is 18.9 Å². The Hall–Kier alpha value is -1.81. The fourth-order valence-corrected chi connectivity index (χ4v) is 1.82. The van der Waals surface area contributed by atoms with Crippen LogP contribution in [0.1, 0.15) is 24.5 Å². The largest absolute Gasteiger partial charge is 0.359 e. The van der Waals surface area contributed by atoms with Gasteiger partial charge in [-0.3, -0.25) is 0 Å². The van der Waals surface area contributed by atoms with Crippen molar-refractivity contribution in [3.63, 3.8) is 0 Å². The lowest BCUT2D eigenvalue weighted by Crippen LogP contribution is -2.14. The first-order valence-electron chi connectivity index (χ1n) is 6.12. The molecule has 0 aliphatic heterocycles. The van der Waals surface area contributed by atoms with Gasteiger partial charge in [-0.25, -0.2) is 0 Å². The highest BCUT2D eigenvalue weighted by Gasteiger charge is 2.17. The Morgan fingerprint density at radius 1 is 1.42 bits per heavy atom. The van der Waals surface area contributed by atoms with Crippen LogP contribution in [0.2, 0.25) is 0 Å². The minimum Gasteiger partial charge on any atom is -0.359 e. The minimum atomic E-state index is -0.162. The number of hydrogen-bond donors (Lipinski definition) is 0. The van der Waals surface area contributed by atoms with Crippen molar-refractivity contribution in [3.05, 3.63) is 59.0 Å². The van der Waals surface area contributed by atoms with Crippen LogP contribution in [0, 0.1) is 0 Å². The molecule has 0 spiro atoms. The summed E-state index contributed by atoms with van der Waals surface area (Å²) < 4.78 is 10.6. The first-order chi connectivity index (χ1) is 9.31. The smallest absolute Gasteiger partial charge is 0.147 e. The molecular weight excluding hydrogens is 242 g/mol. The normalized spacial score (nSPS) is 13.3. The lowest BCUT2D eigenvalue weighted by Gasteiger charge is -2.20. The third kappa shape index (κ3) is 5.57. The predicted molar refractivity (Wildman–Crippen MR) is 74.5 cm³/mol. The zero-order chi connectivity index (χ0) is 13.9. The molecule has 102 valence electrons. The zero-order valence-corrected chi connectivity index (χ0v) is 11.1. The second-order valence-corrected chi connectivity index (χ2v) is 4.09. The van der Waals surface area contributed by atoms with E-state index in [9.17, 15) is 0 Å². The molecule has 0 bridgehead atoms. The molecule has 5 nitrogen and oxygen atoms in total. The summed E-state index contributed by atoms with van der Waals surface area (Å²) in [7, 11) is 1.58. The van der Waals surface area contributed by atoms with Crippen molar-refractivity contribution < 1.29 is 9.47 Å².